The number of H-pyrrole nitrogens is 1. The fourth-order valence-electron chi connectivity index (χ4n) is 2.94. The molecule has 0 spiro atoms. The normalized spacial score (nSPS) is 15.0. The summed E-state index contributed by atoms with van der Waals surface area (Å²) in [6.45, 7) is 2.04. The maximum atomic E-state index is 3.39. The van der Waals surface area contributed by atoms with Crippen LogP contribution in [0, 0.1) is 0 Å². The van der Waals surface area contributed by atoms with Gasteiger partial charge in [-0.25, -0.2) is 0 Å². The highest BCUT2D eigenvalue weighted by Crippen LogP contribution is 2.38. The van der Waals surface area contributed by atoms with E-state index in [2.05, 4.69) is 71.1 Å². The lowest BCUT2D eigenvalue weighted by atomic mass is 10.0. The summed E-state index contributed by atoms with van der Waals surface area (Å²) in [5, 5.41) is 4.68. The van der Waals surface area contributed by atoms with E-state index >= 15 is 0 Å². The van der Waals surface area contributed by atoms with Gasteiger partial charge in [-0.1, -0.05) is 54.2 Å². The first-order chi connectivity index (χ1) is 10.9. The van der Waals surface area contributed by atoms with E-state index in [-0.39, 0.29) is 0 Å². The van der Waals surface area contributed by atoms with Crippen molar-refractivity contribution in [2.75, 3.05) is 13.1 Å². The molecule has 0 saturated carbocycles. The average Bonchev–Trinajstić information content (AvgIpc) is 2.99. The van der Waals surface area contributed by atoms with Crippen LogP contribution in [0.4, 0.5) is 0 Å². The molecule has 0 atom stereocenters. The van der Waals surface area contributed by atoms with Crippen molar-refractivity contribution < 1.29 is 0 Å². The topological polar surface area (TPSA) is 27.8 Å². The van der Waals surface area contributed by atoms with Crippen molar-refractivity contribution >= 4 is 28.2 Å². The zero-order valence-electron chi connectivity index (χ0n) is 12.3. The van der Waals surface area contributed by atoms with E-state index < -0.39 is 0 Å². The molecule has 1 aliphatic rings. The van der Waals surface area contributed by atoms with Crippen molar-refractivity contribution in [3.63, 3.8) is 0 Å². The largest absolute Gasteiger partial charge is 0.360 e. The molecule has 2 nitrogen and oxygen atoms in total. The van der Waals surface area contributed by atoms with E-state index in [0.29, 0.717) is 0 Å². The smallest absolute Gasteiger partial charge is 0.0465 e. The monoisotopic (exact) mass is 306 g/mol. The lowest BCUT2D eigenvalue weighted by Gasteiger charge is -2.17. The van der Waals surface area contributed by atoms with E-state index in [1.54, 1.807) is 0 Å². The molecule has 0 aliphatic carbocycles. The average molecular weight is 306 g/mol. The van der Waals surface area contributed by atoms with Crippen molar-refractivity contribution in [2.24, 2.45) is 0 Å². The maximum Gasteiger partial charge on any atom is 0.0465 e. The maximum absolute atomic E-state index is 3.39. The minimum Gasteiger partial charge on any atom is -0.360 e. The summed E-state index contributed by atoms with van der Waals surface area (Å²) in [5.74, 6) is 0. The van der Waals surface area contributed by atoms with Crippen LogP contribution in [0.3, 0.4) is 0 Å². The van der Waals surface area contributed by atoms with E-state index in [4.69, 9.17) is 0 Å². The summed E-state index contributed by atoms with van der Waals surface area (Å²) < 4.78 is 0. The van der Waals surface area contributed by atoms with Crippen LogP contribution in [0.5, 0.6) is 0 Å². The second-order valence-electron chi connectivity index (χ2n) is 5.48. The predicted octanol–water partition coefficient (Wildman–Crippen LogP) is 4.70. The van der Waals surface area contributed by atoms with E-state index in [1.165, 1.54) is 31.8 Å². The van der Waals surface area contributed by atoms with Gasteiger partial charge in [0.1, 0.15) is 0 Å². The van der Waals surface area contributed by atoms with Gasteiger partial charge in [-0.3, -0.25) is 0 Å². The van der Waals surface area contributed by atoms with Crippen molar-refractivity contribution in [1.29, 1.82) is 0 Å². The van der Waals surface area contributed by atoms with Gasteiger partial charge >= 0.3 is 0 Å². The Kier molecular flexibility index (Phi) is 3.75. The molecule has 0 fully saturated rings. The number of benzene rings is 2. The molecule has 110 valence electrons. The van der Waals surface area contributed by atoms with E-state index in [1.807, 2.05) is 11.8 Å². The number of aromatic nitrogens is 1. The predicted molar refractivity (Wildman–Crippen MR) is 94.3 cm³/mol. The van der Waals surface area contributed by atoms with Crippen LogP contribution in [0.1, 0.15) is 12.0 Å². The Hall–Kier alpha value is -1.97. The first-order valence-corrected chi connectivity index (χ1v) is 8.46. The summed E-state index contributed by atoms with van der Waals surface area (Å²) in [5.41, 5.74) is 4.03. The molecule has 3 aromatic rings. The number of aromatic amines is 1. The fourth-order valence-corrected chi connectivity index (χ4v) is 4.03. The van der Waals surface area contributed by atoms with Gasteiger partial charge in [-0.15, -0.1) is 0 Å². The Balaban J connectivity index is 1.73. The molecular weight excluding hydrogens is 288 g/mol. The van der Waals surface area contributed by atoms with E-state index in [9.17, 15) is 0 Å². The fraction of sp³-hybridized carbons (Fsp3) is 0.158. The van der Waals surface area contributed by atoms with Crippen LogP contribution in [-0.4, -0.2) is 18.1 Å². The second-order valence-corrected chi connectivity index (χ2v) is 6.56. The highest BCUT2D eigenvalue weighted by molar-refractivity contribution is 7.99. The van der Waals surface area contributed by atoms with Crippen molar-refractivity contribution in [2.45, 2.75) is 16.2 Å². The molecule has 0 amide bonds. The summed E-state index contributed by atoms with van der Waals surface area (Å²) in [6, 6.07) is 17.2. The summed E-state index contributed by atoms with van der Waals surface area (Å²) >= 11 is 1.85. The Morgan fingerprint density at radius 3 is 2.68 bits per heavy atom. The highest BCUT2D eigenvalue weighted by atomic mass is 32.2. The van der Waals surface area contributed by atoms with Crippen molar-refractivity contribution in [3.8, 4) is 0 Å². The molecule has 4 rings (SSSR count). The summed E-state index contributed by atoms with van der Waals surface area (Å²) in [6.07, 6.45) is 5.53. The Labute approximate surface area is 134 Å². The number of para-hydroxylation sites is 1. The van der Waals surface area contributed by atoms with Crippen LogP contribution in [0.15, 0.2) is 70.6 Å². The second kappa shape index (κ2) is 6.03. The molecule has 1 aliphatic heterocycles. The number of hydrogen-bond acceptors (Lipinski definition) is 2. The highest BCUT2D eigenvalue weighted by Gasteiger charge is 2.12. The van der Waals surface area contributed by atoms with Gasteiger partial charge in [-0.05, 0) is 36.2 Å². The third kappa shape index (κ3) is 2.58. The minimum atomic E-state index is 0.974. The van der Waals surface area contributed by atoms with Gasteiger partial charge in [0, 0.05) is 33.4 Å². The molecule has 2 heterocycles. The zero-order valence-corrected chi connectivity index (χ0v) is 13.1. The first-order valence-electron chi connectivity index (χ1n) is 7.65. The van der Waals surface area contributed by atoms with Crippen LogP contribution in [0.2, 0.25) is 0 Å². The van der Waals surface area contributed by atoms with Crippen LogP contribution < -0.4 is 5.32 Å². The number of fused-ring (bicyclic) bond motifs is 1. The third-order valence-corrected chi connectivity index (χ3v) is 5.20. The van der Waals surface area contributed by atoms with Crippen LogP contribution in [0.25, 0.3) is 16.5 Å². The standard InChI is InChI=1S/C19H18N2S/c1-3-7-17-16(6-1)19(13-21-17)22-18-8-4-2-5-15(18)14-9-11-20-12-10-14/h1-9,13,20-21H,10-12H2. The molecular formula is C19H18N2S. The quantitative estimate of drug-likeness (QED) is 0.734. The molecule has 2 aromatic carbocycles. The third-order valence-electron chi connectivity index (χ3n) is 4.07. The molecule has 0 unspecified atom stereocenters. The molecule has 3 heteroatoms. The molecule has 0 bridgehead atoms. The first kappa shape index (κ1) is 13.7. The summed E-state index contributed by atoms with van der Waals surface area (Å²) in [7, 11) is 0. The lowest BCUT2D eigenvalue weighted by Crippen LogP contribution is -2.20. The Morgan fingerprint density at radius 1 is 0.909 bits per heavy atom. The van der Waals surface area contributed by atoms with Gasteiger partial charge in [-0.2, -0.15) is 0 Å². The molecule has 1 aromatic heterocycles. The van der Waals surface area contributed by atoms with E-state index in [0.717, 1.165) is 19.5 Å². The van der Waals surface area contributed by atoms with Gasteiger partial charge < -0.3 is 10.3 Å². The Morgan fingerprint density at radius 2 is 1.77 bits per heavy atom. The molecule has 0 radical (unpaired) electrons. The van der Waals surface area contributed by atoms with Gasteiger partial charge in [0.05, 0.1) is 0 Å². The lowest BCUT2D eigenvalue weighted by molar-refractivity contribution is 0.737. The van der Waals surface area contributed by atoms with Crippen molar-refractivity contribution in [1.82, 2.24) is 10.3 Å². The Bertz CT molecular complexity index is 832. The number of hydrogen-bond donors (Lipinski definition) is 2. The SMILES string of the molecule is C1=C(c2ccccc2Sc2c[nH]c3ccccc23)CCNC1. The minimum absolute atomic E-state index is 0.974. The van der Waals surface area contributed by atoms with Crippen molar-refractivity contribution in [3.05, 3.63) is 66.4 Å². The molecule has 0 saturated heterocycles. The van der Waals surface area contributed by atoms with Gasteiger partial charge in [0.25, 0.3) is 0 Å². The molecule has 22 heavy (non-hydrogen) atoms. The number of nitrogens with one attached hydrogen (secondary N) is 2. The summed E-state index contributed by atoms with van der Waals surface area (Å²) in [4.78, 5) is 5.99. The van der Waals surface area contributed by atoms with Gasteiger partial charge in [0.15, 0.2) is 0 Å². The number of rotatable bonds is 3. The zero-order chi connectivity index (χ0) is 14.8. The van der Waals surface area contributed by atoms with Crippen LogP contribution in [-0.2, 0) is 0 Å². The molecule has 2 N–H and O–H groups in total. The van der Waals surface area contributed by atoms with Crippen LogP contribution >= 0.6 is 11.8 Å². The van der Waals surface area contributed by atoms with Gasteiger partial charge in [0.2, 0.25) is 0 Å².